The number of nitrogens with two attached hydrogens (primary N) is 1. The zero-order valence-corrected chi connectivity index (χ0v) is 47.2. The Hall–Kier alpha value is -4.92. The molecule has 6 aliphatic carbocycles. The molecule has 12 rings (SSSR count). The number of carbonyl (C=O) groups is 2. The number of phenolic OH excluding ortho intramolecular Hbond substituents is 1. The smallest absolute Gasteiger partial charge is 0.186 e. The number of ether oxygens (including phenoxy) is 1. The van der Waals surface area contributed by atoms with Crippen molar-refractivity contribution >= 4 is 17.1 Å². The van der Waals surface area contributed by atoms with Crippen LogP contribution in [0, 0.1) is 58.7 Å². The molecular formula is C68H91N5O7. The van der Waals surface area contributed by atoms with Gasteiger partial charge >= 0.3 is 0 Å². The van der Waals surface area contributed by atoms with Gasteiger partial charge in [0.25, 0.3) is 0 Å². The fourth-order valence-corrected chi connectivity index (χ4v) is 17.5. The van der Waals surface area contributed by atoms with Crippen molar-refractivity contribution in [2.75, 3.05) is 39.6 Å². The van der Waals surface area contributed by atoms with Gasteiger partial charge in [-0.3, -0.25) is 9.59 Å². The first kappa shape index (κ1) is 56.9. The van der Waals surface area contributed by atoms with Crippen LogP contribution >= 0.6 is 0 Å². The van der Waals surface area contributed by atoms with Crippen LogP contribution in [0.4, 0.5) is 0 Å². The van der Waals surface area contributed by atoms with Gasteiger partial charge in [-0.05, 0) is 237 Å². The predicted octanol–water partition coefficient (Wildman–Crippen LogP) is 8.80. The minimum Gasteiger partial charge on any atom is -0.504 e. The van der Waals surface area contributed by atoms with E-state index in [1.807, 2.05) is 18.3 Å². The average Bonchev–Trinajstić information content (AvgIpc) is 3.86. The van der Waals surface area contributed by atoms with Gasteiger partial charge in [0, 0.05) is 37.8 Å². The van der Waals surface area contributed by atoms with E-state index in [0.29, 0.717) is 95.5 Å². The minimum absolute atomic E-state index is 0.0223. The van der Waals surface area contributed by atoms with Crippen LogP contribution in [0.5, 0.6) is 11.5 Å². The third-order valence-electron chi connectivity index (χ3n) is 21.2. The summed E-state index contributed by atoms with van der Waals surface area (Å²) >= 11 is 0. The largest absolute Gasteiger partial charge is 0.504 e. The normalized spacial score (nSPS) is 31.5. The van der Waals surface area contributed by atoms with Crippen molar-refractivity contribution in [3.05, 3.63) is 136 Å². The summed E-state index contributed by atoms with van der Waals surface area (Å²) in [6.07, 6.45) is 28.6. The summed E-state index contributed by atoms with van der Waals surface area (Å²) in [6, 6.07) is 23.3. The molecule has 13 atom stereocenters. The topological polar surface area (TPSA) is 198 Å². The predicted molar refractivity (Wildman–Crippen MR) is 315 cm³/mol. The second-order valence-electron chi connectivity index (χ2n) is 25.8. The maximum absolute atomic E-state index is 14.5. The van der Waals surface area contributed by atoms with Gasteiger partial charge in [-0.15, -0.1) is 0 Å². The summed E-state index contributed by atoms with van der Waals surface area (Å²) in [5.74, 6) is 3.97. The molecule has 430 valence electrons. The Morgan fingerprint density at radius 2 is 1.68 bits per heavy atom. The van der Waals surface area contributed by atoms with Crippen molar-refractivity contribution in [1.29, 1.82) is 0 Å². The molecule has 3 aromatic carbocycles. The van der Waals surface area contributed by atoms with Gasteiger partial charge in [-0.25, -0.2) is 0 Å². The summed E-state index contributed by atoms with van der Waals surface area (Å²) < 4.78 is 5.44. The van der Waals surface area contributed by atoms with Crippen LogP contribution in [-0.2, 0) is 35.3 Å². The van der Waals surface area contributed by atoms with Gasteiger partial charge < -0.3 is 52.2 Å². The summed E-state index contributed by atoms with van der Waals surface area (Å²) in [5.41, 5.74) is 13.8. The highest BCUT2D eigenvalue weighted by molar-refractivity contribution is 6.08. The fourth-order valence-electron chi connectivity index (χ4n) is 17.5. The van der Waals surface area contributed by atoms with Crippen LogP contribution in [0.15, 0.2) is 108 Å². The van der Waals surface area contributed by atoms with Crippen LogP contribution in [0.25, 0.3) is 5.57 Å². The van der Waals surface area contributed by atoms with E-state index in [4.69, 9.17) is 10.5 Å². The lowest BCUT2D eigenvalue weighted by molar-refractivity contribution is -0.126. The maximum Gasteiger partial charge on any atom is 0.186 e. The highest BCUT2D eigenvalue weighted by Gasteiger charge is 2.62. The Morgan fingerprint density at radius 1 is 0.875 bits per heavy atom. The second kappa shape index (κ2) is 26.1. The fraction of sp³-hybridized carbons (Fsp3) is 0.588. The van der Waals surface area contributed by atoms with E-state index in [1.54, 1.807) is 12.1 Å². The van der Waals surface area contributed by atoms with Crippen LogP contribution in [0.1, 0.15) is 131 Å². The third kappa shape index (κ3) is 13.0. The molecular weight excluding hydrogens is 999 g/mol. The average molecular weight is 1090 g/mol. The van der Waals surface area contributed by atoms with E-state index in [1.165, 1.54) is 61.3 Å². The molecule has 3 aliphatic heterocycles. The van der Waals surface area contributed by atoms with Crippen LogP contribution in [-0.4, -0.2) is 95.9 Å². The number of ketones is 2. The zero-order valence-electron chi connectivity index (χ0n) is 47.2. The van der Waals surface area contributed by atoms with Crippen molar-refractivity contribution < 1.29 is 34.8 Å². The highest BCUT2D eigenvalue weighted by atomic mass is 16.6. The summed E-state index contributed by atoms with van der Waals surface area (Å²) in [6.45, 7) is 2.60. The molecule has 0 amide bonds. The Labute approximate surface area is 475 Å². The lowest BCUT2D eigenvalue weighted by Gasteiger charge is -2.55. The molecule has 12 heteroatoms. The molecule has 10 N–H and O–H groups in total. The van der Waals surface area contributed by atoms with E-state index >= 15 is 0 Å². The zero-order chi connectivity index (χ0) is 55.2. The van der Waals surface area contributed by atoms with Gasteiger partial charge in [0.05, 0.1) is 25.3 Å². The van der Waals surface area contributed by atoms with Gasteiger partial charge in [-0.1, -0.05) is 86.0 Å². The highest BCUT2D eigenvalue weighted by Crippen LogP contribution is 2.67. The molecule has 7 fully saturated rings. The summed E-state index contributed by atoms with van der Waals surface area (Å²) in [7, 11) is 0. The third-order valence-corrected chi connectivity index (χ3v) is 21.2. The Kier molecular flexibility index (Phi) is 18.6. The molecule has 12 nitrogen and oxygen atoms in total. The van der Waals surface area contributed by atoms with Crippen molar-refractivity contribution in [3.8, 4) is 11.5 Å². The van der Waals surface area contributed by atoms with E-state index in [9.17, 15) is 30.0 Å². The van der Waals surface area contributed by atoms with E-state index in [2.05, 4.69) is 82.0 Å². The first-order chi connectivity index (χ1) is 39.0. The van der Waals surface area contributed by atoms with Gasteiger partial charge in [0.1, 0.15) is 5.78 Å². The Bertz CT molecular complexity index is 2750. The number of hydrogen-bond donors (Lipinski definition) is 9. The Morgan fingerprint density at radius 3 is 2.49 bits per heavy atom. The van der Waals surface area contributed by atoms with Crippen LogP contribution in [0.2, 0.25) is 0 Å². The molecule has 80 heavy (non-hydrogen) atoms. The first-order valence-electron chi connectivity index (χ1n) is 31.1. The van der Waals surface area contributed by atoms with Crippen molar-refractivity contribution in [1.82, 2.24) is 21.3 Å². The number of nitrogens with one attached hydrogen (secondary N) is 4. The lowest BCUT2D eigenvalue weighted by Crippen LogP contribution is -2.58. The quantitative estimate of drug-likeness (QED) is 0.0190. The van der Waals surface area contributed by atoms with Crippen molar-refractivity contribution in [3.63, 3.8) is 0 Å². The van der Waals surface area contributed by atoms with Crippen LogP contribution < -0.4 is 31.7 Å². The number of dihydropyridines is 1. The number of fused-ring (bicyclic) bond motifs is 4. The number of aliphatic hydroxyl groups excluding tert-OH is 3. The number of allylic oxidation sites excluding steroid dienone is 3. The van der Waals surface area contributed by atoms with Crippen LogP contribution in [0.3, 0.4) is 0 Å². The second-order valence-corrected chi connectivity index (χ2v) is 25.8. The minimum atomic E-state index is -0.675. The van der Waals surface area contributed by atoms with E-state index < -0.39 is 13.4 Å². The molecule has 0 spiro atoms. The summed E-state index contributed by atoms with van der Waals surface area (Å²) in [4.78, 5) is 28.8. The van der Waals surface area contributed by atoms with Crippen molar-refractivity contribution in [2.45, 2.75) is 153 Å². The standard InChI is InChI=1S/C68H91N5O7/c69-66-32-48(19-18-45-12-7-11-44(25-45)17-16-43-9-3-1-4-10-43)52(39-73-66)27-50-31-63(78)65(80-42-75)35-59(50)54(41-74)30-57(77)34-56(76)29-51-36-68(37-60-58-22-24-70-38-53(58)26-49-15-8-23-71-67(49)60)55-28-47(51)20-21-61(68)62(33-55)72-40-64(79)46-13-5-2-6-14-46/h1,3-4,7-12,15,25,30-32,35,39,46-47,49,51,53,55,58,60-62,64,66-67,70-75,78-79H,2,5-6,13-14,16-24,26-29,33-34,36-38,40-42,69H2. The van der Waals surface area contributed by atoms with Gasteiger partial charge in [0.15, 0.2) is 24.1 Å². The van der Waals surface area contributed by atoms with E-state index in [0.717, 1.165) is 101 Å². The number of aliphatic hydroxyl groups is 3. The molecule has 0 radical (unpaired) electrons. The lowest BCUT2D eigenvalue weighted by atomic mass is 9.52. The summed E-state index contributed by atoms with van der Waals surface area (Å²) in [5, 5.41) is 58.7. The molecule has 9 aliphatic rings. The van der Waals surface area contributed by atoms with Crippen molar-refractivity contribution in [2.24, 2.45) is 64.4 Å². The molecule has 4 bridgehead atoms. The number of aromatic hydroxyl groups is 1. The van der Waals surface area contributed by atoms with Gasteiger partial charge in [-0.2, -0.15) is 0 Å². The molecule has 0 aromatic heterocycles. The number of aryl methyl sites for hydroxylation is 3. The first-order valence-corrected chi connectivity index (χ1v) is 31.1. The number of piperidine rings is 1. The number of Topliss-reactive ketones (excluding diaryl/α,β-unsaturated/α-hetero) is 1. The number of rotatable bonds is 23. The molecule has 6 saturated carbocycles. The SMILES string of the molecule is NC1C=C(CCc2cccc(CCc3ccccc3)c2)C(Cc2cc(O)c(OCO)cc2C(=CC(=O)CC(=O)CC2CC3(CC4C5CCNCC5CC5C=CCNC54)C4CC2CCC3C(NCC(O)C2CCCCC2)C4)CO)=CN1. The maximum atomic E-state index is 14.5. The molecule has 3 heterocycles. The molecule has 1 saturated heterocycles. The van der Waals surface area contributed by atoms with E-state index in [-0.39, 0.29) is 53.1 Å². The number of hydrogen-bond acceptors (Lipinski definition) is 12. The molecule has 13 unspecified atom stereocenters. The number of carbonyl (C=O) groups excluding carboxylic acids is 2. The van der Waals surface area contributed by atoms with Gasteiger partial charge in [0.2, 0.25) is 0 Å². The Balaban J connectivity index is 0.795. The number of benzene rings is 3. The monoisotopic (exact) mass is 1090 g/mol. The number of phenols is 1. The molecule has 3 aromatic rings.